The van der Waals surface area contributed by atoms with Crippen molar-refractivity contribution in [3.05, 3.63) is 40.0 Å². The van der Waals surface area contributed by atoms with Crippen LogP contribution in [0.2, 0.25) is 10.2 Å². The summed E-state index contributed by atoms with van der Waals surface area (Å²) in [6, 6.07) is 8.30. The van der Waals surface area contributed by atoms with E-state index >= 15 is 0 Å². The third-order valence-electron chi connectivity index (χ3n) is 4.40. The fraction of sp³-hybridized carbons (Fsp3) is 0.550. The van der Waals surface area contributed by atoms with Gasteiger partial charge in [-0.3, -0.25) is 4.55 Å². The molecule has 1 aliphatic rings. The molecule has 182 valence electrons. The van der Waals surface area contributed by atoms with Crippen LogP contribution in [-0.4, -0.2) is 39.5 Å². The molecule has 1 heterocycles. The van der Waals surface area contributed by atoms with Crippen molar-refractivity contribution in [1.29, 1.82) is 0 Å². The summed E-state index contributed by atoms with van der Waals surface area (Å²) < 4.78 is 57.5. The van der Waals surface area contributed by atoms with Crippen molar-refractivity contribution in [3.8, 4) is 0 Å². The maximum atomic E-state index is 10.7. The molecule has 12 heteroatoms. The standard InChI is InChI=1S/C16H17Cl2N.C3H8O2.CHF3O3S/c17-14-10-13-8-7-12(9-15(13)19-16(14)18)6-5-11-3-1-2-4-11;1-3(2,4)5;2-1(3,4)8(5,6)7/h7-11H,1-6H2;4-5H,1-2H3;(H,5,6,7). The molecule has 32 heavy (non-hydrogen) atoms. The van der Waals surface area contributed by atoms with E-state index in [1.807, 2.05) is 6.07 Å². The van der Waals surface area contributed by atoms with Crippen LogP contribution in [0.4, 0.5) is 13.2 Å². The van der Waals surface area contributed by atoms with Crippen molar-refractivity contribution in [2.45, 2.75) is 63.7 Å². The fourth-order valence-electron chi connectivity index (χ4n) is 2.99. The van der Waals surface area contributed by atoms with E-state index in [2.05, 4.69) is 23.2 Å². The SMILES string of the molecule is CC(C)(O)O.Clc1cc2ccc(CCC3CCCC3)cc2nc1Cl.O=S(=O)(O)C(F)(F)F. The zero-order chi connectivity index (χ0) is 24.7. The highest BCUT2D eigenvalue weighted by Gasteiger charge is 2.44. The first kappa shape index (κ1) is 28.9. The van der Waals surface area contributed by atoms with Gasteiger partial charge in [0.25, 0.3) is 0 Å². The summed E-state index contributed by atoms with van der Waals surface area (Å²) >= 11 is 12.0. The van der Waals surface area contributed by atoms with Crippen molar-refractivity contribution < 1.29 is 36.4 Å². The molecule has 0 unspecified atom stereocenters. The van der Waals surface area contributed by atoms with Gasteiger partial charge >= 0.3 is 15.6 Å². The Morgan fingerprint density at radius 3 is 2.06 bits per heavy atom. The number of hydrogen-bond acceptors (Lipinski definition) is 5. The summed E-state index contributed by atoms with van der Waals surface area (Å²) in [5.41, 5.74) is -3.24. The lowest BCUT2D eigenvalue weighted by Crippen LogP contribution is -2.21. The molecule has 0 radical (unpaired) electrons. The Labute approximate surface area is 195 Å². The Kier molecular flexibility index (Phi) is 10.6. The maximum absolute atomic E-state index is 10.7. The van der Waals surface area contributed by atoms with Gasteiger partial charge < -0.3 is 10.2 Å². The summed E-state index contributed by atoms with van der Waals surface area (Å²) in [5, 5.41) is 18.1. The Morgan fingerprint density at radius 1 is 1.09 bits per heavy atom. The summed E-state index contributed by atoms with van der Waals surface area (Å²) in [5.74, 6) is -0.572. The van der Waals surface area contributed by atoms with Gasteiger partial charge in [0, 0.05) is 5.39 Å². The zero-order valence-electron chi connectivity index (χ0n) is 17.5. The highest BCUT2D eigenvalue weighted by molar-refractivity contribution is 7.86. The smallest absolute Gasteiger partial charge is 0.366 e. The first-order valence-corrected chi connectivity index (χ1v) is 11.9. The molecule has 0 amide bonds. The highest BCUT2D eigenvalue weighted by atomic mass is 35.5. The molecule has 3 rings (SSSR count). The van der Waals surface area contributed by atoms with Gasteiger partial charge in [0.05, 0.1) is 10.5 Å². The predicted molar refractivity (Wildman–Crippen MR) is 118 cm³/mol. The quantitative estimate of drug-likeness (QED) is 0.205. The number of hydrogen-bond donors (Lipinski definition) is 3. The van der Waals surface area contributed by atoms with E-state index in [1.54, 1.807) is 0 Å². The number of aryl methyl sites for hydroxylation is 1. The van der Waals surface area contributed by atoms with E-state index in [-0.39, 0.29) is 0 Å². The number of rotatable bonds is 3. The largest absolute Gasteiger partial charge is 0.522 e. The highest BCUT2D eigenvalue weighted by Crippen LogP contribution is 2.30. The Hall–Kier alpha value is -1.17. The zero-order valence-corrected chi connectivity index (χ0v) is 19.9. The van der Waals surface area contributed by atoms with Crippen LogP contribution in [0, 0.1) is 5.92 Å². The maximum Gasteiger partial charge on any atom is 0.522 e. The molecule has 0 spiro atoms. The molecule has 6 nitrogen and oxygen atoms in total. The van der Waals surface area contributed by atoms with Crippen LogP contribution in [-0.2, 0) is 16.5 Å². The van der Waals surface area contributed by atoms with Crippen LogP contribution < -0.4 is 0 Å². The molecule has 1 aromatic heterocycles. The van der Waals surface area contributed by atoms with Crippen molar-refractivity contribution in [3.63, 3.8) is 0 Å². The second-order valence-corrected chi connectivity index (χ2v) is 10.1. The monoisotopic (exact) mass is 519 g/mol. The molecule has 2 aromatic rings. The lowest BCUT2D eigenvalue weighted by Gasteiger charge is -2.09. The van der Waals surface area contributed by atoms with Crippen LogP contribution in [0.25, 0.3) is 10.9 Å². The topological polar surface area (TPSA) is 108 Å². The van der Waals surface area contributed by atoms with Crippen LogP contribution in [0.5, 0.6) is 0 Å². The molecule has 1 aromatic carbocycles. The predicted octanol–water partition coefficient (Wildman–Crippen LogP) is 5.77. The molecular weight excluding hydrogens is 494 g/mol. The van der Waals surface area contributed by atoms with Gasteiger partial charge in [0.2, 0.25) is 0 Å². The summed E-state index contributed by atoms with van der Waals surface area (Å²) in [4.78, 5) is 4.35. The number of halogens is 5. The Balaban J connectivity index is 0.000000329. The van der Waals surface area contributed by atoms with Gasteiger partial charge in [-0.25, -0.2) is 4.98 Å². The third-order valence-corrected chi connectivity index (χ3v) is 5.66. The summed E-state index contributed by atoms with van der Waals surface area (Å²) in [7, 11) is -5.84. The van der Waals surface area contributed by atoms with Gasteiger partial charge in [-0.05, 0) is 50.3 Å². The summed E-state index contributed by atoms with van der Waals surface area (Å²) in [6.45, 7) is 2.60. The van der Waals surface area contributed by atoms with Crippen LogP contribution in [0.1, 0.15) is 51.5 Å². The second-order valence-electron chi connectivity index (χ2n) is 7.89. The number of benzene rings is 1. The van der Waals surface area contributed by atoms with Crippen molar-refractivity contribution in [1.82, 2.24) is 4.98 Å². The minimum Gasteiger partial charge on any atom is -0.366 e. The van der Waals surface area contributed by atoms with Crippen LogP contribution in [0.15, 0.2) is 24.3 Å². The normalized spacial score (nSPS) is 15.1. The van der Waals surface area contributed by atoms with E-state index in [1.165, 1.54) is 51.5 Å². The van der Waals surface area contributed by atoms with E-state index in [9.17, 15) is 13.2 Å². The van der Waals surface area contributed by atoms with E-state index in [0.717, 1.165) is 23.2 Å². The second kappa shape index (κ2) is 11.8. The van der Waals surface area contributed by atoms with Gasteiger partial charge in [0.1, 0.15) is 5.15 Å². The average Bonchev–Trinajstić information content (AvgIpc) is 3.12. The molecule has 0 aliphatic heterocycles. The number of aliphatic hydroxyl groups is 2. The first-order chi connectivity index (χ1) is 14.5. The number of nitrogens with zero attached hydrogens (tertiary/aromatic N) is 1. The van der Waals surface area contributed by atoms with E-state index < -0.39 is 21.4 Å². The number of pyridine rings is 1. The molecule has 0 bridgehead atoms. The fourth-order valence-corrected chi connectivity index (χ4v) is 3.29. The molecule has 1 aliphatic carbocycles. The Bertz CT molecular complexity index is 983. The molecular formula is C20H26Cl2F3NO5S. The van der Waals surface area contributed by atoms with E-state index in [0.29, 0.717) is 10.2 Å². The van der Waals surface area contributed by atoms with Crippen LogP contribution >= 0.6 is 23.2 Å². The number of aromatic nitrogens is 1. The van der Waals surface area contributed by atoms with Gasteiger partial charge in [-0.1, -0.05) is 61.0 Å². The first-order valence-electron chi connectivity index (χ1n) is 9.70. The van der Waals surface area contributed by atoms with Crippen molar-refractivity contribution >= 4 is 44.2 Å². The molecule has 3 N–H and O–H groups in total. The molecule has 0 atom stereocenters. The molecule has 1 saturated carbocycles. The lowest BCUT2D eigenvalue weighted by molar-refractivity contribution is -0.127. The lowest BCUT2D eigenvalue weighted by atomic mass is 9.97. The van der Waals surface area contributed by atoms with Crippen molar-refractivity contribution in [2.75, 3.05) is 0 Å². The minimum atomic E-state index is -5.84. The number of alkyl halides is 3. The minimum absolute atomic E-state index is 0.391. The Morgan fingerprint density at radius 2 is 1.59 bits per heavy atom. The van der Waals surface area contributed by atoms with Crippen LogP contribution in [0.3, 0.4) is 0 Å². The van der Waals surface area contributed by atoms with Gasteiger partial charge in [-0.15, -0.1) is 0 Å². The molecule has 0 saturated heterocycles. The molecule has 1 fully saturated rings. The third kappa shape index (κ3) is 11.1. The number of fused-ring (bicyclic) bond motifs is 1. The summed E-state index contributed by atoms with van der Waals surface area (Å²) in [6.07, 6.45) is 8.09. The average molecular weight is 520 g/mol. The van der Waals surface area contributed by atoms with Crippen molar-refractivity contribution in [2.24, 2.45) is 5.92 Å². The van der Waals surface area contributed by atoms with E-state index in [4.69, 9.17) is 46.4 Å². The van der Waals surface area contributed by atoms with Gasteiger partial charge in [0.15, 0.2) is 5.79 Å². The van der Waals surface area contributed by atoms with Gasteiger partial charge in [-0.2, -0.15) is 21.6 Å².